The smallest absolute Gasteiger partial charge is 0.253 e. The van der Waals surface area contributed by atoms with Gasteiger partial charge in [0.15, 0.2) is 0 Å². The van der Waals surface area contributed by atoms with Crippen LogP contribution in [0.25, 0.3) is 0 Å². The van der Waals surface area contributed by atoms with Crippen LogP contribution in [0.2, 0.25) is 0 Å². The third-order valence-corrected chi connectivity index (χ3v) is 7.49. The Hall–Kier alpha value is -1.96. The lowest BCUT2D eigenvalue weighted by molar-refractivity contribution is 0.293. The van der Waals surface area contributed by atoms with Gasteiger partial charge in [-0.2, -0.15) is 4.31 Å². The summed E-state index contributed by atoms with van der Waals surface area (Å²) in [5.74, 6) is -0.400. The van der Waals surface area contributed by atoms with E-state index in [0.29, 0.717) is 18.7 Å². The minimum atomic E-state index is -3.68. The lowest BCUT2D eigenvalue weighted by atomic mass is 10.0. The standard InChI is InChI=1S/C17H15FN2O2S2/c18-14-6-2-1-5-13(14)17-15-7-3-9-19(15)10-11-20(17)24(21,22)16-8-4-12-23-16/h1-9,12,17H,10-11H2/t17-/m1/s1. The van der Waals surface area contributed by atoms with E-state index in [-0.39, 0.29) is 4.21 Å². The first-order valence-corrected chi connectivity index (χ1v) is 9.86. The number of rotatable bonds is 3. The largest absolute Gasteiger partial charge is 0.348 e. The van der Waals surface area contributed by atoms with E-state index >= 15 is 0 Å². The van der Waals surface area contributed by atoms with Gasteiger partial charge in [0.25, 0.3) is 10.0 Å². The number of thiophene rings is 1. The van der Waals surface area contributed by atoms with Crippen LogP contribution in [-0.2, 0) is 16.6 Å². The average Bonchev–Trinajstić information content (AvgIpc) is 3.26. The van der Waals surface area contributed by atoms with Crippen LogP contribution in [0.3, 0.4) is 0 Å². The van der Waals surface area contributed by atoms with Gasteiger partial charge in [0.05, 0.1) is 6.04 Å². The molecule has 1 aromatic carbocycles. The van der Waals surface area contributed by atoms with Crippen LogP contribution in [0.4, 0.5) is 4.39 Å². The number of benzene rings is 1. The number of aromatic nitrogens is 1. The molecular weight excluding hydrogens is 347 g/mol. The van der Waals surface area contributed by atoms with Gasteiger partial charge >= 0.3 is 0 Å². The summed E-state index contributed by atoms with van der Waals surface area (Å²) in [6, 6.07) is 12.7. The fourth-order valence-corrected chi connectivity index (χ4v) is 5.85. The molecule has 4 rings (SSSR count). The van der Waals surface area contributed by atoms with Crippen LogP contribution in [0.5, 0.6) is 0 Å². The quantitative estimate of drug-likeness (QED) is 0.716. The van der Waals surface area contributed by atoms with E-state index in [0.717, 1.165) is 5.69 Å². The normalized spacial score (nSPS) is 18.5. The minimum absolute atomic E-state index is 0.281. The predicted octanol–water partition coefficient (Wildman–Crippen LogP) is 3.48. The molecule has 124 valence electrons. The topological polar surface area (TPSA) is 42.3 Å². The van der Waals surface area contributed by atoms with Gasteiger partial charge in [-0.15, -0.1) is 11.3 Å². The average molecular weight is 362 g/mol. The minimum Gasteiger partial charge on any atom is -0.348 e. The molecule has 24 heavy (non-hydrogen) atoms. The van der Waals surface area contributed by atoms with Crippen molar-refractivity contribution in [2.24, 2.45) is 0 Å². The Kier molecular flexibility index (Phi) is 3.79. The Morgan fingerprint density at radius 1 is 1.04 bits per heavy atom. The Labute approximate surface area is 143 Å². The molecule has 3 aromatic rings. The summed E-state index contributed by atoms with van der Waals surface area (Å²) in [6.07, 6.45) is 1.90. The molecule has 0 aliphatic carbocycles. The molecule has 7 heteroatoms. The summed E-state index contributed by atoms with van der Waals surface area (Å²) < 4.78 is 44.3. The highest BCUT2D eigenvalue weighted by Gasteiger charge is 2.39. The highest BCUT2D eigenvalue weighted by atomic mass is 32.2. The van der Waals surface area contributed by atoms with Gasteiger partial charge < -0.3 is 4.57 Å². The maximum atomic E-state index is 14.5. The number of hydrogen-bond acceptors (Lipinski definition) is 3. The van der Waals surface area contributed by atoms with Gasteiger partial charge in [-0.1, -0.05) is 24.3 Å². The lowest BCUT2D eigenvalue weighted by Gasteiger charge is -2.36. The van der Waals surface area contributed by atoms with E-state index in [9.17, 15) is 12.8 Å². The predicted molar refractivity (Wildman–Crippen MR) is 90.9 cm³/mol. The summed E-state index contributed by atoms with van der Waals surface area (Å²) in [6.45, 7) is 0.860. The van der Waals surface area contributed by atoms with Crippen molar-refractivity contribution in [3.05, 3.63) is 77.2 Å². The molecule has 0 fully saturated rings. The maximum absolute atomic E-state index is 14.5. The van der Waals surface area contributed by atoms with Crippen molar-refractivity contribution >= 4 is 21.4 Å². The fourth-order valence-electron chi connectivity index (χ4n) is 3.16. The SMILES string of the molecule is O=S(=O)(c1cccs1)N1CCn2cccc2[C@H]1c1ccccc1F. The molecule has 0 amide bonds. The molecule has 1 aliphatic rings. The first-order chi connectivity index (χ1) is 11.6. The molecule has 0 bridgehead atoms. The molecule has 3 heterocycles. The van der Waals surface area contributed by atoms with Crippen LogP contribution in [0.15, 0.2) is 64.3 Å². The Bertz CT molecular complexity index is 964. The van der Waals surface area contributed by atoms with E-state index in [4.69, 9.17) is 0 Å². The first-order valence-electron chi connectivity index (χ1n) is 7.54. The second-order valence-corrected chi connectivity index (χ2v) is 8.66. The molecule has 0 N–H and O–H groups in total. The number of halogens is 1. The monoisotopic (exact) mass is 362 g/mol. The third-order valence-electron chi connectivity index (χ3n) is 4.25. The van der Waals surface area contributed by atoms with Gasteiger partial charge in [0.1, 0.15) is 10.0 Å². The number of sulfonamides is 1. The van der Waals surface area contributed by atoms with E-state index in [1.807, 2.05) is 22.9 Å². The van der Waals surface area contributed by atoms with E-state index < -0.39 is 21.9 Å². The van der Waals surface area contributed by atoms with Crippen molar-refractivity contribution in [1.82, 2.24) is 8.87 Å². The summed E-state index contributed by atoms with van der Waals surface area (Å²) in [4.78, 5) is 0. The fraction of sp³-hybridized carbons (Fsp3) is 0.176. The maximum Gasteiger partial charge on any atom is 0.253 e. The van der Waals surface area contributed by atoms with Crippen molar-refractivity contribution in [3.63, 3.8) is 0 Å². The van der Waals surface area contributed by atoms with Gasteiger partial charge in [-0.25, -0.2) is 12.8 Å². The van der Waals surface area contributed by atoms with E-state index in [1.54, 1.807) is 35.7 Å². The van der Waals surface area contributed by atoms with Gasteiger partial charge in [-0.05, 0) is 29.6 Å². The van der Waals surface area contributed by atoms with Crippen molar-refractivity contribution < 1.29 is 12.8 Å². The molecule has 0 unspecified atom stereocenters. The number of hydrogen-bond donors (Lipinski definition) is 0. The first kappa shape index (κ1) is 15.6. The molecule has 1 aliphatic heterocycles. The van der Waals surface area contributed by atoms with Crippen molar-refractivity contribution in [2.75, 3.05) is 6.54 Å². The summed E-state index contributed by atoms with van der Waals surface area (Å²) in [5.41, 5.74) is 1.16. The third kappa shape index (κ3) is 2.40. The molecule has 4 nitrogen and oxygen atoms in total. The van der Waals surface area contributed by atoms with Gasteiger partial charge in [0, 0.05) is 30.5 Å². The summed E-state index contributed by atoms with van der Waals surface area (Å²) in [5, 5.41) is 1.73. The van der Waals surface area contributed by atoms with E-state index in [1.165, 1.54) is 21.7 Å². The molecule has 1 atom stereocenters. The van der Waals surface area contributed by atoms with Crippen molar-refractivity contribution in [2.45, 2.75) is 16.8 Å². The zero-order chi connectivity index (χ0) is 16.7. The zero-order valence-electron chi connectivity index (χ0n) is 12.7. The summed E-state index contributed by atoms with van der Waals surface area (Å²) >= 11 is 1.18. The van der Waals surface area contributed by atoms with Crippen LogP contribution < -0.4 is 0 Å². The highest BCUT2D eigenvalue weighted by Crippen LogP contribution is 2.38. The zero-order valence-corrected chi connectivity index (χ0v) is 14.3. The molecule has 0 saturated heterocycles. The molecular formula is C17H15FN2O2S2. The molecule has 0 spiro atoms. The van der Waals surface area contributed by atoms with Gasteiger partial charge in [0.2, 0.25) is 0 Å². The molecule has 0 radical (unpaired) electrons. The van der Waals surface area contributed by atoms with Crippen LogP contribution in [0.1, 0.15) is 17.3 Å². The molecule has 2 aromatic heterocycles. The van der Waals surface area contributed by atoms with Crippen LogP contribution in [-0.4, -0.2) is 23.8 Å². The number of fused-ring (bicyclic) bond motifs is 1. The Morgan fingerprint density at radius 3 is 2.62 bits per heavy atom. The van der Waals surface area contributed by atoms with E-state index in [2.05, 4.69) is 0 Å². The molecule has 0 saturated carbocycles. The number of nitrogens with zero attached hydrogens (tertiary/aromatic N) is 2. The van der Waals surface area contributed by atoms with Crippen LogP contribution in [0, 0.1) is 5.82 Å². The van der Waals surface area contributed by atoms with Crippen molar-refractivity contribution in [1.29, 1.82) is 0 Å². The van der Waals surface area contributed by atoms with Gasteiger partial charge in [-0.3, -0.25) is 0 Å². The Morgan fingerprint density at radius 2 is 1.88 bits per heavy atom. The summed E-state index contributed by atoms with van der Waals surface area (Å²) in [7, 11) is -3.68. The highest BCUT2D eigenvalue weighted by molar-refractivity contribution is 7.91. The second-order valence-electron chi connectivity index (χ2n) is 5.60. The second kappa shape index (κ2) is 5.84. The lowest BCUT2D eigenvalue weighted by Crippen LogP contribution is -2.42. The van der Waals surface area contributed by atoms with Crippen LogP contribution >= 0.6 is 11.3 Å². The van der Waals surface area contributed by atoms with Crippen molar-refractivity contribution in [3.8, 4) is 0 Å². The Balaban J connectivity index is 1.90.